The van der Waals surface area contributed by atoms with E-state index in [4.69, 9.17) is 23.2 Å². The minimum atomic E-state index is -4.75. The van der Waals surface area contributed by atoms with Gasteiger partial charge in [-0.15, -0.1) is 0 Å². The number of rotatable bonds is 5. The van der Waals surface area contributed by atoms with Gasteiger partial charge in [-0.05, 0) is 23.8 Å². The van der Waals surface area contributed by atoms with Gasteiger partial charge in [-0.3, -0.25) is 9.48 Å². The Balaban J connectivity index is 1.46. The van der Waals surface area contributed by atoms with Gasteiger partial charge in [-0.2, -0.15) is 23.4 Å². The largest absolute Gasteiger partial charge is 0.433 e. The van der Waals surface area contributed by atoms with Crippen LogP contribution >= 0.6 is 23.2 Å². The van der Waals surface area contributed by atoms with Gasteiger partial charge in [0.05, 0.1) is 12.2 Å². The molecule has 0 atom stereocenters. The predicted molar refractivity (Wildman–Crippen MR) is 129 cm³/mol. The first-order valence-corrected chi connectivity index (χ1v) is 11.3. The molecule has 0 saturated carbocycles. The van der Waals surface area contributed by atoms with Crippen molar-refractivity contribution in [2.24, 2.45) is 0 Å². The highest BCUT2D eigenvalue weighted by Crippen LogP contribution is 2.32. The lowest BCUT2D eigenvalue weighted by Gasteiger charge is -2.11. The molecule has 36 heavy (non-hydrogen) atoms. The monoisotopic (exact) mass is 530 g/mol. The van der Waals surface area contributed by atoms with Crippen LogP contribution in [0.15, 0.2) is 72.9 Å². The zero-order valence-corrected chi connectivity index (χ0v) is 19.7. The molecular formula is C24H15Cl2F3N6O. The zero-order chi connectivity index (χ0) is 25.4. The second-order valence-corrected chi connectivity index (χ2v) is 8.64. The molecule has 0 unspecified atom stereocenters. The van der Waals surface area contributed by atoms with Gasteiger partial charge in [0.15, 0.2) is 22.9 Å². The summed E-state index contributed by atoms with van der Waals surface area (Å²) in [6.07, 6.45) is -3.21. The Morgan fingerprint density at radius 3 is 2.39 bits per heavy atom. The van der Waals surface area contributed by atoms with Gasteiger partial charge in [0, 0.05) is 22.8 Å². The molecule has 0 aliphatic rings. The number of benzene rings is 2. The molecule has 2 aromatic carbocycles. The van der Waals surface area contributed by atoms with Crippen LogP contribution in [0.1, 0.15) is 21.7 Å². The lowest BCUT2D eigenvalue weighted by Crippen LogP contribution is -2.16. The van der Waals surface area contributed by atoms with Crippen molar-refractivity contribution in [1.82, 2.24) is 24.4 Å². The van der Waals surface area contributed by atoms with E-state index in [2.05, 4.69) is 20.5 Å². The lowest BCUT2D eigenvalue weighted by molar-refractivity contribution is -0.142. The summed E-state index contributed by atoms with van der Waals surface area (Å²) in [6.45, 7) is 0.414. The number of fused-ring (bicyclic) bond motifs is 1. The van der Waals surface area contributed by atoms with Crippen LogP contribution in [0.4, 0.5) is 19.0 Å². The number of anilines is 1. The SMILES string of the molecule is O=C(Nc1nn(Cc2ccccc2)cc1Cl)c1cc2nc(-c3ccc(Cl)cc3)cc(C(F)(F)F)n2n1. The summed E-state index contributed by atoms with van der Waals surface area (Å²) in [5, 5.41) is 11.2. The summed E-state index contributed by atoms with van der Waals surface area (Å²) >= 11 is 12.1. The van der Waals surface area contributed by atoms with Crippen molar-refractivity contribution in [3.63, 3.8) is 0 Å². The average Bonchev–Trinajstić information content (AvgIpc) is 3.42. The lowest BCUT2D eigenvalue weighted by atomic mass is 10.1. The van der Waals surface area contributed by atoms with Gasteiger partial charge in [0.25, 0.3) is 5.91 Å². The van der Waals surface area contributed by atoms with E-state index in [1.807, 2.05) is 30.3 Å². The number of aromatic nitrogens is 5. The van der Waals surface area contributed by atoms with Crippen molar-refractivity contribution in [2.75, 3.05) is 5.32 Å². The predicted octanol–water partition coefficient (Wildman–Crippen LogP) is 6.22. The number of hydrogen-bond donors (Lipinski definition) is 1. The van der Waals surface area contributed by atoms with Crippen LogP contribution in [0.25, 0.3) is 16.9 Å². The maximum Gasteiger partial charge on any atom is 0.433 e. The summed E-state index contributed by atoms with van der Waals surface area (Å²) in [5.74, 6) is -0.728. The second-order valence-electron chi connectivity index (χ2n) is 7.79. The highest BCUT2D eigenvalue weighted by Gasteiger charge is 2.35. The number of alkyl halides is 3. The van der Waals surface area contributed by atoms with Crippen molar-refractivity contribution in [3.8, 4) is 11.3 Å². The van der Waals surface area contributed by atoms with E-state index < -0.39 is 17.8 Å². The fourth-order valence-electron chi connectivity index (χ4n) is 3.56. The van der Waals surface area contributed by atoms with E-state index in [1.54, 1.807) is 28.9 Å². The van der Waals surface area contributed by atoms with Crippen molar-refractivity contribution in [3.05, 3.63) is 99.9 Å². The summed E-state index contributed by atoms with van der Waals surface area (Å²) in [7, 11) is 0. The Morgan fingerprint density at radius 2 is 1.69 bits per heavy atom. The number of carbonyl (C=O) groups excluding carboxylic acids is 1. The number of carbonyl (C=O) groups is 1. The van der Waals surface area contributed by atoms with Crippen LogP contribution in [-0.4, -0.2) is 30.3 Å². The normalized spacial score (nSPS) is 11.7. The van der Waals surface area contributed by atoms with E-state index in [0.29, 0.717) is 21.6 Å². The summed E-state index contributed by atoms with van der Waals surface area (Å²) in [4.78, 5) is 17.1. The molecule has 0 aliphatic carbocycles. The number of amides is 1. The van der Waals surface area contributed by atoms with Crippen molar-refractivity contribution in [1.29, 1.82) is 0 Å². The van der Waals surface area contributed by atoms with Gasteiger partial charge < -0.3 is 5.32 Å². The minimum Gasteiger partial charge on any atom is -0.302 e. The molecule has 1 N–H and O–H groups in total. The van der Waals surface area contributed by atoms with Crippen molar-refractivity contribution >= 4 is 40.6 Å². The smallest absolute Gasteiger partial charge is 0.302 e. The van der Waals surface area contributed by atoms with Crippen molar-refractivity contribution < 1.29 is 18.0 Å². The van der Waals surface area contributed by atoms with Gasteiger partial charge in [0.1, 0.15) is 5.02 Å². The van der Waals surface area contributed by atoms with Crippen LogP contribution in [0, 0.1) is 0 Å². The number of nitrogens with one attached hydrogen (secondary N) is 1. The van der Waals surface area contributed by atoms with E-state index in [0.717, 1.165) is 11.6 Å². The molecule has 3 heterocycles. The minimum absolute atomic E-state index is 0.0560. The fourth-order valence-corrected chi connectivity index (χ4v) is 3.88. The second kappa shape index (κ2) is 9.29. The highest BCUT2D eigenvalue weighted by molar-refractivity contribution is 6.33. The van der Waals surface area contributed by atoms with Gasteiger partial charge in [-0.1, -0.05) is 65.7 Å². The standard InChI is InChI=1S/C24H15Cl2F3N6O/c25-16-8-6-15(7-9-16)18-10-20(24(27,28)29)35-21(30-18)11-19(32-35)23(36)31-22-17(26)13-34(33-22)12-14-4-2-1-3-5-14/h1-11,13H,12H2,(H,31,33,36). The molecule has 1 amide bonds. The van der Waals surface area contributed by atoms with Crippen LogP contribution in [-0.2, 0) is 12.7 Å². The molecule has 0 radical (unpaired) electrons. The van der Waals surface area contributed by atoms with Gasteiger partial charge >= 0.3 is 6.18 Å². The third kappa shape index (κ3) is 4.91. The first-order chi connectivity index (χ1) is 17.2. The van der Waals surface area contributed by atoms with Gasteiger partial charge in [0.2, 0.25) is 0 Å². The van der Waals surface area contributed by atoms with Crippen LogP contribution < -0.4 is 5.32 Å². The average molecular weight is 531 g/mol. The quantitative estimate of drug-likeness (QED) is 0.292. The van der Waals surface area contributed by atoms with E-state index in [9.17, 15) is 18.0 Å². The third-order valence-electron chi connectivity index (χ3n) is 5.23. The van der Waals surface area contributed by atoms with Crippen LogP contribution in [0.3, 0.4) is 0 Å². The Labute approximate surface area is 212 Å². The van der Waals surface area contributed by atoms with E-state index in [-0.39, 0.29) is 27.9 Å². The molecule has 12 heteroatoms. The maximum atomic E-state index is 13.8. The number of nitrogens with zero attached hydrogens (tertiary/aromatic N) is 5. The Bertz CT molecular complexity index is 1560. The topological polar surface area (TPSA) is 77.1 Å². The number of hydrogen-bond acceptors (Lipinski definition) is 4. The molecule has 182 valence electrons. The highest BCUT2D eigenvalue weighted by atomic mass is 35.5. The molecule has 3 aromatic heterocycles. The zero-order valence-electron chi connectivity index (χ0n) is 18.2. The molecule has 0 fully saturated rings. The fraction of sp³-hybridized carbons (Fsp3) is 0.0833. The molecule has 0 spiro atoms. The summed E-state index contributed by atoms with van der Waals surface area (Å²) in [5.41, 5.74) is -0.0641. The molecule has 0 bridgehead atoms. The first-order valence-electron chi connectivity index (χ1n) is 10.5. The Hall–Kier alpha value is -3.89. The van der Waals surface area contributed by atoms with Crippen LogP contribution in [0.2, 0.25) is 10.0 Å². The molecule has 0 aliphatic heterocycles. The molecular weight excluding hydrogens is 516 g/mol. The van der Waals surface area contributed by atoms with E-state index in [1.165, 1.54) is 12.3 Å². The Morgan fingerprint density at radius 1 is 0.972 bits per heavy atom. The molecule has 5 aromatic rings. The van der Waals surface area contributed by atoms with E-state index >= 15 is 0 Å². The summed E-state index contributed by atoms with van der Waals surface area (Å²) < 4.78 is 43.6. The first kappa shape index (κ1) is 23.8. The van der Waals surface area contributed by atoms with Gasteiger partial charge in [-0.25, -0.2) is 9.50 Å². The maximum absolute atomic E-state index is 13.8. The number of halogens is 5. The van der Waals surface area contributed by atoms with Crippen LogP contribution in [0.5, 0.6) is 0 Å². The van der Waals surface area contributed by atoms with Crippen molar-refractivity contribution in [2.45, 2.75) is 12.7 Å². The molecule has 5 rings (SSSR count). The summed E-state index contributed by atoms with van der Waals surface area (Å²) in [6, 6.07) is 17.7. The Kier molecular flexibility index (Phi) is 6.15. The third-order valence-corrected chi connectivity index (χ3v) is 5.76. The molecule has 0 saturated heterocycles. The molecule has 7 nitrogen and oxygen atoms in total.